The van der Waals surface area contributed by atoms with E-state index in [0.717, 1.165) is 22.3 Å². The molecule has 0 saturated heterocycles. The van der Waals surface area contributed by atoms with Crippen LogP contribution in [-0.4, -0.2) is 17.2 Å². The van der Waals surface area contributed by atoms with Crippen molar-refractivity contribution in [2.24, 2.45) is 0 Å². The first-order chi connectivity index (χ1) is 10.4. The smallest absolute Gasteiger partial charge is 0.221 e. The van der Waals surface area contributed by atoms with E-state index in [1.54, 1.807) is 13.3 Å². The van der Waals surface area contributed by atoms with Crippen molar-refractivity contribution in [3.05, 3.63) is 42.3 Å². The van der Waals surface area contributed by atoms with Crippen molar-refractivity contribution in [2.75, 3.05) is 7.11 Å². The number of furan rings is 1. The molecule has 0 fully saturated rings. The first-order valence-electron chi connectivity index (χ1n) is 7.16. The summed E-state index contributed by atoms with van der Waals surface area (Å²) in [6.07, 6.45) is 3.07. The highest BCUT2D eigenvalue weighted by atomic mass is 16.5. The van der Waals surface area contributed by atoms with Crippen molar-refractivity contribution in [1.82, 2.24) is 4.98 Å². The fraction of sp³-hybridized carbons (Fsp3) is 0.278. The number of nitrogens with zero attached hydrogens (tertiary/aromatic N) is 1. The van der Waals surface area contributed by atoms with E-state index in [0.29, 0.717) is 11.3 Å². The second kappa shape index (κ2) is 5.05. The fourth-order valence-electron chi connectivity index (χ4n) is 2.61. The van der Waals surface area contributed by atoms with Crippen LogP contribution in [0.5, 0.6) is 11.6 Å². The molecule has 0 atom stereocenters. The molecule has 2 aromatic heterocycles. The van der Waals surface area contributed by atoms with Crippen LogP contribution in [0.2, 0.25) is 0 Å². The Labute approximate surface area is 129 Å². The lowest BCUT2D eigenvalue weighted by atomic mass is 9.84. The van der Waals surface area contributed by atoms with E-state index >= 15 is 0 Å². The van der Waals surface area contributed by atoms with Crippen LogP contribution in [-0.2, 0) is 5.41 Å². The van der Waals surface area contributed by atoms with E-state index < -0.39 is 0 Å². The van der Waals surface area contributed by atoms with Crippen LogP contribution >= 0.6 is 0 Å². The topological polar surface area (TPSA) is 55.5 Å². The van der Waals surface area contributed by atoms with E-state index in [4.69, 9.17) is 9.15 Å². The van der Waals surface area contributed by atoms with E-state index in [9.17, 15) is 5.11 Å². The second-order valence-corrected chi connectivity index (χ2v) is 6.33. The Kier molecular flexibility index (Phi) is 3.32. The van der Waals surface area contributed by atoms with Crippen molar-refractivity contribution < 1.29 is 14.3 Å². The zero-order valence-corrected chi connectivity index (χ0v) is 13.2. The largest absolute Gasteiger partial charge is 0.504 e. The Bertz CT molecular complexity index is 828. The maximum atomic E-state index is 10.1. The minimum Gasteiger partial charge on any atom is -0.504 e. The molecule has 0 bridgehead atoms. The SMILES string of the molecule is COc1ncccc1-c1cc(C(C)(C)C)c2occ(O)c2c1. The van der Waals surface area contributed by atoms with Gasteiger partial charge in [0.05, 0.1) is 12.5 Å². The summed E-state index contributed by atoms with van der Waals surface area (Å²) in [7, 11) is 1.60. The maximum Gasteiger partial charge on any atom is 0.221 e. The van der Waals surface area contributed by atoms with Crippen molar-refractivity contribution in [3.63, 3.8) is 0 Å². The predicted molar refractivity (Wildman–Crippen MR) is 86.4 cm³/mol. The van der Waals surface area contributed by atoms with Gasteiger partial charge in [0.2, 0.25) is 5.88 Å². The third kappa shape index (κ3) is 2.30. The lowest BCUT2D eigenvalue weighted by Gasteiger charge is -2.20. The molecular formula is C18H19NO3. The fourth-order valence-corrected chi connectivity index (χ4v) is 2.61. The van der Waals surface area contributed by atoms with E-state index in [1.807, 2.05) is 18.2 Å². The summed E-state index contributed by atoms with van der Waals surface area (Å²) in [4.78, 5) is 4.25. The standard InChI is InChI=1S/C18H19NO3/c1-18(2,3)14-9-11(8-13-15(20)10-22-16(13)14)12-6-5-7-19-17(12)21-4/h5-10,20H,1-4H3. The average Bonchev–Trinajstić information content (AvgIpc) is 2.87. The molecule has 0 aliphatic rings. The van der Waals surface area contributed by atoms with Crippen LogP contribution in [0, 0.1) is 0 Å². The number of ether oxygens (including phenoxy) is 1. The van der Waals surface area contributed by atoms with Gasteiger partial charge in [-0.25, -0.2) is 4.98 Å². The molecule has 4 nitrogen and oxygen atoms in total. The number of aromatic hydroxyl groups is 1. The monoisotopic (exact) mass is 297 g/mol. The molecule has 0 saturated carbocycles. The van der Waals surface area contributed by atoms with E-state index in [2.05, 4.69) is 31.8 Å². The third-order valence-electron chi connectivity index (χ3n) is 3.74. The molecule has 22 heavy (non-hydrogen) atoms. The molecule has 0 amide bonds. The summed E-state index contributed by atoms with van der Waals surface area (Å²) in [5.74, 6) is 0.704. The molecular weight excluding hydrogens is 278 g/mol. The quantitative estimate of drug-likeness (QED) is 0.756. The van der Waals surface area contributed by atoms with Crippen LogP contribution in [0.1, 0.15) is 26.3 Å². The Hall–Kier alpha value is -2.49. The molecule has 4 heteroatoms. The molecule has 0 spiro atoms. The van der Waals surface area contributed by atoms with E-state index in [1.165, 1.54) is 6.26 Å². The van der Waals surface area contributed by atoms with Crippen LogP contribution < -0.4 is 4.74 Å². The lowest BCUT2D eigenvalue weighted by molar-refractivity contribution is 0.399. The summed E-state index contributed by atoms with van der Waals surface area (Å²) in [5.41, 5.74) is 3.47. The number of pyridine rings is 1. The first kappa shape index (κ1) is 14.4. The Morgan fingerprint density at radius 2 is 2.00 bits per heavy atom. The molecule has 0 aliphatic heterocycles. The minimum absolute atomic E-state index is 0.117. The van der Waals surface area contributed by atoms with Crippen LogP contribution in [0.3, 0.4) is 0 Å². The normalized spacial score (nSPS) is 11.8. The Morgan fingerprint density at radius 3 is 2.68 bits per heavy atom. The molecule has 114 valence electrons. The van der Waals surface area contributed by atoms with Gasteiger partial charge >= 0.3 is 0 Å². The highest BCUT2D eigenvalue weighted by Gasteiger charge is 2.23. The van der Waals surface area contributed by atoms with Gasteiger partial charge in [-0.15, -0.1) is 0 Å². The molecule has 1 aromatic carbocycles. The molecule has 0 unspecified atom stereocenters. The summed E-state index contributed by atoms with van der Waals surface area (Å²) in [6.45, 7) is 6.35. The minimum atomic E-state index is -0.117. The molecule has 2 heterocycles. The van der Waals surface area contributed by atoms with Gasteiger partial charge in [0, 0.05) is 17.3 Å². The van der Waals surface area contributed by atoms with Gasteiger partial charge < -0.3 is 14.3 Å². The predicted octanol–water partition coefficient (Wildman–Crippen LogP) is 4.51. The zero-order chi connectivity index (χ0) is 15.9. The summed E-state index contributed by atoms with van der Waals surface area (Å²) >= 11 is 0. The highest BCUT2D eigenvalue weighted by molar-refractivity contribution is 5.92. The first-order valence-corrected chi connectivity index (χ1v) is 7.16. The number of hydrogen-bond donors (Lipinski definition) is 1. The number of fused-ring (bicyclic) bond motifs is 1. The number of aromatic nitrogens is 1. The second-order valence-electron chi connectivity index (χ2n) is 6.33. The summed E-state index contributed by atoms with van der Waals surface area (Å²) in [6, 6.07) is 7.80. The Morgan fingerprint density at radius 1 is 1.23 bits per heavy atom. The molecule has 1 N–H and O–H groups in total. The van der Waals surface area contributed by atoms with Crippen molar-refractivity contribution in [1.29, 1.82) is 0 Å². The number of hydrogen-bond acceptors (Lipinski definition) is 4. The van der Waals surface area contributed by atoms with Crippen molar-refractivity contribution in [2.45, 2.75) is 26.2 Å². The molecule has 3 aromatic rings. The maximum absolute atomic E-state index is 10.1. The lowest BCUT2D eigenvalue weighted by Crippen LogP contribution is -2.11. The highest BCUT2D eigenvalue weighted by Crippen LogP contribution is 2.40. The van der Waals surface area contributed by atoms with Gasteiger partial charge in [-0.3, -0.25) is 0 Å². The van der Waals surface area contributed by atoms with Gasteiger partial charge in [-0.05, 0) is 35.2 Å². The molecule has 3 rings (SSSR count). The summed E-state index contributed by atoms with van der Waals surface area (Å²) in [5, 5.41) is 10.8. The van der Waals surface area contributed by atoms with Crippen molar-refractivity contribution >= 4 is 11.0 Å². The zero-order valence-electron chi connectivity index (χ0n) is 13.2. The van der Waals surface area contributed by atoms with E-state index in [-0.39, 0.29) is 11.2 Å². The number of benzene rings is 1. The van der Waals surface area contributed by atoms with Crippen LogP contribution in [0.25, 0.3) is 22.1 Å². The van der Waals surface area contributed by atoms with Gasteiger partial charge in [-0.2, -0.15) is 0 Å². The summed E-state index contributed by atoms with van der Waals surface area (Å²) < 4.78 is 10.9. The number of methoxy groups -OCH3 is 1. The van der Waals surface area contributed by atoms with Gasteiger partial charge in [0.15, 0.2) is 5.75 Å². The average molecular weight is 297 g/mol. The van der Waals surface area contributed by atoms with Crippen LogP contribution in [0.4, 0.5) is 0 Å². The third-order valence-corrected chi connectivity index (χ3v) is 3.74. The molecule has 0 aliphatic carbocycles. The van der Waals surface area contributed by atoms with Gasteiger partial charge in [0.25, 0.3) is 0 Å². The molecule has 0 radical (unpaired) electrons. The van der Waals surface area contributed by atoms with Gasteiger partial charge in [-0.1, -0.05) is 20.8 Å². The van der Waals surface area contributed by atoms with Crippen LogP contribution in [0.15, 0.2) is 41.1 Å². The van der Waals surface area contributed by atoms with Gasteiger partial charge in [0.1, 0.15) is 11.8 Å². The Balaban J connectivity index is 2.34. The number of rotatable bonds is 2. The van der Waals surface area contributed by atoms with Crippen molar-refractivity contribution in [3.8, 4) is 22.8 Å².